The second-order valence-corrected chi connectivity index (χ2v) is 6.32. The first kappa shape index (κ1) is 17.5. The molecule has 0 radical (unpaired) electrons. The summed E-state index contributed by atoms with van der Waals surface area (Å²) in [4.78, 5) is 19.9. The SMILES string of the molecule is Cc1cccc2oc(-c3ccc(N=Cc4cc(C(=O)O)ccc4O)cc3)nc12. The highest BCUT2D eigenvalue weighted by molar-refractivity contribution is 5.93. The largest absolute Gasteiger partial charge is 0.507 e. The number of aryl methyl sites for hydroxylation is 1. The summed E-state index contributed by atoms with van der Waals surface area (Å²) in [6.45, 7) is 1.99. The lowest BCUT2D eigenvalue weighted by atomic mass is 10.1. The number of para-hydroxylation sites is 1. The van der Waals surface area contributed by atoms with Crippen molar-refractivity contribution in [2.45, 2.75) is 6.92 Å². The molecule has 1 aromatic heterocycles. The van der Waals surface area contributed by atoms with Crippen molar-refractivity contribution in [3.63, 3.8) is 0 Å². The Labute approximate surface area is 160 Å². The number of hydrogen-bond acceptors (Lipinski definition) is 5. The van der Waals surface area contributed by atoms with E-state index in [-0.39, 0.29) is 11.3 Å². The lowest BCUT2D eigenvalue weighted by Gasteiger charge is -2.01. The summed E-state index contributed by atoms with van der Waals surface area (Å²) < 4.78 is 5.82. The number of carboxylic acid groups (broad SMARTS) is 1. The van der Waals surface area contributed by atoms with Crippen molar-refractivity contribution in [1.29, 1.82) is 0 Å². The van der Waals surface area contributed by atoms with Crippen LogP contribution in [0.1, 0.15) is 21.5 Å². The number of rotatable bonds is 4. The molecule has 138 valence electrons. The van der Waals surface area contributed by atoms with Gasteiger partial charge >= 0.3 is 5.97 Å². The predicted molar refractivity (Wildman–Crippen MR) is 107 cm³/mol. The molecule has 2 N–H and O–H groups in total. The van der Waals surface area contributed by atoms with Crippen molar-refractivity contribution in [2.75, 3.05) is 0 Å². The number of aromatic carboxylic acids is 1. The Morgan fingerprint density at radius 2 is 1.89 bits per heavy atom. The maximum atomic E-state index is 11.1. The zero-order chi connectivity index (χ0) is 19.7. The predicted octanol–water partition coefficient (Wildman–Crippen LogP) is 4.96. The van der Waals surface area contributed by atoms with Gasteiger partial charge in [0.2, 0.25) is 5.89 Å². The molecule has 0 saturated heterocycles. The molecule has 0 aliphatic carbocycles. The Morgan fingerprint density at radius 1 is 1.11 bits per heavy atom. The molecule has 0 amide bonds. The number of nitrogens with zero attached hydrogens (tertiary/aromatic N) is 2. The van der Waals surface area contributed by atoms with Gasteiger partial charge in [-0.3, -0.25) is 4.99 Å². The number of carboxylic acids is 1. The molecule has 0 aliphatic rings. The van der Waals surface area contributed by atoms with E-state index in [0.29, 0.717) is 17.1 Å². The van der Waals surface area contributed by atoms with Crippen LogP contribution >= 0.6 is 0 Å². The summed E-state index contributed by atoms with van der Waals surface area (Å²) in [6.07, 6.45) is 1.43. The quantitative estimate of drug-likeness (QED) is 0.494. The van der Waals surface area contributed by atoms with E-state index < -0.39 is 5.97 Å². The molecule has 0 atom stereocenters. The highest BCUT2D eigenvalue weighted by atomic mass is 16.4. The van der Waals surface area contributed by atoms with Gasteiger partial charge in [-0.25, -0.2) is 9.78 Å². The molecule has 1 heterocycles. The number of aliphatic imine (C=N–C) groups is 1. The van der Waals surface area contributed by atoms with Gasteiger partial charge in [-0.1, -0.05) is 12.1 Å². The van der Waals surface area contributed by atoms with E-state index in [1.54, 1.807) is 12.1 Å². The molecule has 0 bridgehead atoms. The number of fused-ring (bicyclic) bond motifs is 1. The third kappa shape index (κ3) is 3.35. The third-order valence-corrected chi connectivity index (χ3v) is 4.36. The molecule has 28 heavy (non-hydrogen) atoms. The van der Waals surface area contributed by atoms with E-state index in [4.69, 9.17) is 9.52 Å². The van der Waals surface area contributed by atoms with E-state index in [1.807, 2.05) is 37.3 Å². The average Bonchev–Trinajstić information content (AvgIpc) is 3.13. The summed E-state index contributed by atoms with van der Waals surface area (Å²) in [6, 6.07) is 17.1. The van der Waals surface area contributed by atoms with Crippen molar-refractivity contribution >= 4 is 29.0 Å². The summed E-state index contributed by atoms with van der Waals surface area (Å²) in [5.41, 5.74) is 4.53. The molecule has 0 fully saturated rings. The van der Waals surface area contributed by atoms with Crippen molar-refractivity contribution in [3.8, 4) is 17.2 Å². The molecule has 0 aliphatic heterocycles. The van der Waals surface area contributed by atoms with Gasteiger partial charge in [0.1, 0.15) is 11.3 Å². The lowest BCUT2D eigenvalue weighted by Crippen LogP contribution is -1.97. The minimum absolute atomic E-state index is 0.0350. The summed E-state index contributed by atoms with van der Waals surface area (Å²) in [5, 5.41) is 18.9. The smallest absolute Gasteiger partial charge is 0.335 e. The molecular weight excluding hydrogens is 356 g/mol. The average molecular weight is 372 g/mol. The van der Waals surface area contributed by atoms with Crippen molar-refractivity contribution in [3.05, 3.63) is 77.4 Å². The molecule has 0 unspecified atom stereocenters. The second-order valence-electron chi connectivity index (χ2n) is 6.32. The fourth-order valence-electron chi connectivity index (χ4n) is 2.83. The van der Waals surface area contributed by atoms with E-state index in [0.717, 1.165) is 22.2 Å². The van der Waals surface area contributed by atoms with Crippen LogP contribution in [-0.4, -0.2) is 27.4 Å². The number of aromatic nitrogens is 1. The third-order valence-electron chi connectivity index (χ3n) is 4.36. The Bertz CT molecular complexity index is 1210. The number of hydrogen-bond donors (Lipinski definition) is 2. The molecule has 4 rings (SSSR count). The molecular formula is C22H16N2O4. The molecule has 3 aromatic carbocycles. The molecule has 6 nitrogen and oxygen atoms in total. The maximum Gasteiger partial charge on any atom is 0.335 e. The van der Waals surface area contributed by atoms with E-state index in [2.05, 4.69) is 9.98 Å². The van der Waals surface area contributed by atoms with Gasteiger partial charge in [0.15, 0.2) is 5.58 Å². The van der Waals surface area contributed by atoms with Crippen LogP contribution in [-0.2, 0) is 0 Å². The molecule has 0 spiro atoms. The van der Waals surface area contributed by atoms with Gasteiger partial charge in [-0.15, -0.1) is 0 Å². The van der Waals surface area contributed by atoms with Gasteiger partial charge in [0, 0.05) is 17.3 Å². The highest BCUT2D eigenvalue weighted by Gasteiger charge is 2.10. The van der Waals surface area contributed by atoms with Crippen LogP contribution in [0, 0.1) is 6.92 Å². The van der Waals surface area contributed by atoms with Gasteiger partial charge < -0.3 is 14.6 Å². The lowest BCUT2D eigenvalue weighted by molar-refractivity contribution is 0.0697. The standard InChI is InChI=1S/C22H16N2O4/c1-13-3-2-4-19-20(13)24-21(28-19)14-5-8-17(9-6-14)23-12-16-11-15(22(26)27)7-10-18(16)25/h2-12,25H,1H3,(H,26,27). The first-order chi connectivity index (χ1) is 13.5. The van der Waals surface area contributed by atoms with Gasteiger partial charge in [0.25, 0.3) is 0 Å². The number of phenols is 1. The van der Waals surface area contributed by atoms with Crippen LogP contribution in [0.15, 0.2) is 70.1 Å². The fourth-order valence-corrected chi connectivity index (χ4v) is 2.83. The fraction of sp³-hybridized carbons (Fsp3) is 0.0455. The van der Waals surface area contributed by atoms with Crippen molar-refractivity contribution < 1.29 is 19.4 Å². The summed E-state index contributed by atoms with van der Waals surface area (Å²) >= 11 is 0. The van der Waals surface area contributed by atoms with Crippen molar-refractivity contribution in [1.82, 2.24) is 4.98 Å². The number of benzene rings is 3. The van der Waals surface area contributed by atoms with Crippen LogP contribution in [0.25, 0.3) is 22.6 Å². The van der Waals surface area contributed by atoms with Gasteiger partial charge in [-0.2, -0.15) is 0 Å². The normalized spacial score (nSPS) is 11.3. The monoisotopic (exact) mass is 372 g/mol. The van der Waals surface area contributed by atoms with Crippen LogP contribution < -0.4 is 0 Å². The Balaban J connectivity index is 1.59. The topological polar surface area (TPSA) is 95.9 Å². The van der Waals surface area contributed by atoms with Crippen molar-refractivity contribution in [2.24, 2.45) is 4.99 Å². The Kier molecular flexibility index (Phi) is 4.37. The first-order valence-corrected chi connectivity index (χ1v) is 8.58. The number of phenolic OH excluding ortho intramolecular Hbond substituents is 1. The zero-order valence-electron chi connectivity index (χ0n) is 15.0. The molecule has 4 aromatic rings. The van der Waals surface area contributed by atoms with E-state index in [9.17, 15) is 9.90 Å². The van der Waals surface area contributed by atoms with Crippen LogP contribution in [0.4, 0.5) is 5.69 Å². The minimum atomic E-state index is -1.06. The minimum Gasteiger partial charge on any atom is -0.507 e. The highest BCUT2D eigenvalue weighted by Crippen LogP contribution is 2.27. The zero-order valence-corrected chi connectivity index (χ0v) is 15.0. The number of oxazole rings is 1. The summed E-state index contributed by atoms with van der Waals surface area (Å²) in [5.74, 6) is -0.563. The van der Waals surface area contributed by atoms with E-state index >= 15 is 0 Å². The number of carbonyl (C=O) groups is 1. The Hall–Kier alpha value is -3.93. The van der Waals surface area contributed by atoms with Crippen LogP contribution in [0.5, 0.6) is 5.75 Å². The van der Waals surface area contributed by atoms with Crippen LogP contribution in [0.2, 0.25) is 0 Å². The Morgan fingerprint density at radius 3 is 2.61 bits per heavy atom. The number of aromatic hydroxyl groups is 1. The van der Waals surface area contributed by atoms with Gasteiger partial charge in [0.05, 0.1) is 11.3 Å². The summed E-state index contributed by atoms with van der Waals surface area (Å²) in [7, 11) is 0. The molecule has 6 heteroatoms. The van der Waals surface area contributed by atoms with Gasteiger partial charge in [-0.05, 0) is 61.0 Å². The van der Waals surface area contributed by atoms with Crippen LogP contribution in [0.3, 0.4) is 0 Å². The first-order valence-electron chi connectivity index (χ1n) is 8.58. The second kappa shape index (κ2) is 7.00. The van der Waals surface area contributed by atoms with E-state index in [1.165, 1.54) is 24.4 Å². The maximum absolute atomic E-state index is 11.1. The molecule has 0 saturated carbocycles.